The lowest BCUT2D eigenvalue weighted by atomic mass is 9.84. The number of benzene rings is 3. The molecule has 0 fully saturated rings. The van der Waals surface area contributed by atoms with Crippen LogP contribution in [0.4, 0.5) is 0 Å². The van der Waals surface area contributed by atoms with E-state index in [1.54, 1.807) is 6.33 Å². The molecule has 0 aliphatic rings. The van der Waals surface area contributed by atoms with Gasteiger partial charge in [-0.25, -0.2) is 9.97 Å². The Labute approximate surface area is 199 Å². The minimum Gasteiger partial charge on any atom is -0.236 e. The maximum absolute atomic E-state index is 4.84. The zero-order chi connectivity index (χ0) is 23.9. The van der Waals surface area contributed by atoms with Gasteiger partial charge in [-0.15, -0.1) is 0 Å². The van der Waals surface area contributed by atoms with Gasteiger partial charge in [0.15, 0.2) is 0 Å². The van der Waals surface area contributed by atoms with Crippen LogP contribution in [0.1, 0.15) is 70.7 Å². The maximum Gasteiger partial charge on any atom is 0.116 e. The Kier molecular flexibility index (Phi) is 6.31. The van der Waals surface area contributed by atoms with Crippen molar-refractivity contribution in [1.29, 1.82) is 0 Å². The molecule has 2 heteroatoms. The van der Waals surface area contributed by atoms with Crippen LogP contribution < -0.4 is 0 Å². The molecule has 2 nitrogen and oxygen atoms in total. The van der Waals surface area contributed by atoms with E-state index in [2.05, 4.69) is 97.9 Å². The summed E-state index contributed by atoms with van der Waals surface area (Å²) >= 11 is 0. The molecule has 4 aromatic rings. The first-order valence-electron chi connectivity index (χ1n) is 12.3. The molecule has 1 heterocycles. The maximum atomic E-state index is 4.84. The van der Waals surface area contributed by atoms with Crippen LogP contribution in [0.2, 0.25) is 0 Å². The minimum atomic E-state index is 0.0908. The quantitative estimate of drug-likeness (QED) is 0.292. The van der Waals surface area contributed by atoms with Gasteiger partial charge in [-0.2, -0.15) is 0 Å². The Balaban J connectivity index is 1.99. The molecule has 172 valence electrons. The molecule has 0 spiro atoms. The van der Waals surface area contributed by atoms with E-state index in [9.17, 15) is 0 Å². The molecule has 4 rings (SSSR count). The molecule has 0 aliphatic heterocycles. The van der Waals surface area contributed by atoms with Crippen LogP contribution >= 0.6 is 0 Å². The van der Waals surface area contributed by atoms with Crippen LogP contribution in [0, 0.1) is 18.8 Å². The zero-order valence-corrected chi connectivity index (χ0v) is 21.6. The van der Waals surface area contributed by atoms with Crippen LogP contribution in [0.15, 0.2) is 48.8 Å². The van der Waals surface area contributed by atoms with Crippen LogP contribution in [-0.4, -0.2) is 9.97 Å². The van der Waals surface area contributed by atoms with E-state index in [1.807, 2.05) is 0 Å². The number of aryl methyl sites for hydroxylation is 1. The highest BCUT2D eigenvalue weighted by Gasteiger charge is 2.18. The first-order valence-corrected chi connectivity index (χ1v) is 12.3. The Morgan fingerprint density at radius 2 is 1.55 bits per heavy atom. The van der Waals surface area contributed by atoms with Crippen molar-refractivity contribution in [2.75, 3.05) is 0 Å². The Morgan fingerprint density at radius 1 is 0.818 bits per heavy atom. The van der Waals surface area contributed by atoms with E-state index >= 15 is 0 Å². The van der Waals surface area contributed by atoms with Crippen LogP contribution in [-0.2, 0) is 18.3 Å². The van der Waals surface area contributed by atoms with Gasteiger partial charge in [0.1, 0.15) is 6.33 Å². The highest BCUT2D eigenvalue weighted by molar-refractivity contribution is 6.10. The summed E-state index contributed by atoms with van der Waals surface area (Å²) < 4.78 is 0. The van der Waals surface area contributed by atoms with Crippen molar-refractivity contribution < 1.29 is 0 Å². The fourth-order valence-corrected chi connectivity index (χ4v) is 4.91. The number of hydrogen-bond donors (Lipinski definition) is 0. The lowest BCUT2D eigenvalue weighted by Crippen LogP contribution is -2.11. The highest BCUT2D eigenvalue weighted by Crippen LogP contribution is 2.36. The van der Waals surface area contributed by atoms with Crippen molar-refractivity contribution in [2.24, 2.45) is 11.8 Å². The Bertz CT molecular complexity index is 1310. The molecule has 0 bridgehead atoms. The van der Waals surface area contributed by atoms with Crippen LogP contribution in [0.5, 0.6) is 0 Å². The van der Waals surface area contributed by atoms with Gasteiger partial charge in [0.05, 0.1) is 11.2 Å². The van der Waals surface area contributed by atoms with Crippen molar-refractivity contribution in [3.63, 3.8) is 0 Å². The predicted octanol–water partition coefficient (Wildman–Crippen LogP) is 8.45. The molecule has 3 aromatic carbocycles. The third-order valence-corrected chi connectivity index (χ3v) is 6.35. The molecule has 0 aliphatic carbocycles. The topological polar surface area (TPSA) is 25.8 Å². The van der Waals surface area contributed by atoms with Gasteiger partial charge in [-0.05, 0) is 77.3 Å². The third kappa shape index (κ3) is 4.95. The molecule has 0 saturated heterocycles. The van der Waals surface area contributed by atoms with Crippen LogP contribution in [0.25, 0.3) is 32.9 Å². The standard InChI is InChI=1S/C31H38N2/c1-19(2)11-22-15-23-9-10-27-29(25-13-21(5)14-26(17-25)31(6,7)8)32-18-33-30(27)28(23)24(16-22)12-20(3)4/h9-10,13-20H,11-12H2,1-8H3. The third-order valence-electron chi connectivity index (χ3n) is 6.35. The normalized spacial score (nSPS) is 12.4. The zero-order valence-electron chi connectivity index (χ0n) is 21.6. The van der Waals surface area contributed by atoms with Crippen molar-refractivity contribution in [3.05, 3.63) is 71.0 Å². The number of rotatable bonds is 5. The number of fused-ring (bicyclic) bond motifs is 3. The first-order chi connectivity index (χ1) is 15.5. The summed E-state index contributed by atoms with van der Waals surface area (Å²) in [7, 11) is 0. The highest BCUT2D eigenvalue weighted by atomic mass is 14.8. The second-order valence-electron chi connectivity index (χ2n) is 11.6. The Hall–Kier alpha value is -2.74. The summed E-state index contributed by atoms with van der Waals surface area (Å²) in [5, 5.41) is 3.72. The molecule has 0 unspecified atom stereocenters. The first kappa shape index (κ1) is 23.4. The van der Waals surface area contributed by atoms with Gasteiger partial charge in [0.25, 0.3) is 0 Å². The fraction of sp³-hybridized carbons (Fsp3) is 0.419. The largest absolute Gasteiger partial charge is 0.236 e. The van der Waals surface area contributed by atoms with Gasteiger partial charge in [-0.1, -0.05) is 78.3 Å². The van der Waals surface area contributed by atoms with Gasteiger partial charge in [0, 0.05) is 16.3 Å². The molecule has 0 amide bonds. The van der Waals surface area contributed by atoms with Crippen molar-refractivity contribution in [2.45, 2.75) is 73.6 Å². The molecular formula is C31H38N2. The van der Waals surface area contributed by atoms with Gasteiger partial charge in [-0.3, -0.25) is 0 Å². The summed E-state index contributed by atoms with van der Waals surface area (Å²) in [5.74, 6) is 1.23. The Morgan fingerprint density at radius 3 is 2.21 bits per heavy atom. The molecule has 0 radical (unpaired) electrons. The van der Waals surface area contributed by atoms with E-state index < -0.39 is 0 Å². The second-order valence-corrected chi connectivity index (χ2v) is 11.6. The SMILES string of the molecule is Cc1cc(-c2ncnc3c2ccc2cc(CC(C)C)cc(CC(C)C)c23)cc(C(C)(C)C)c1. The van der Waals surface area contributed by atoms with E-state index in [4.69, 9.17) is 9.97 Å². The summed E-state index contributed by atoms with van der Waals surface area (Å²) in [5.41, 5.74) is 8.80. The predicted molar refractivity (Wildman–Crippen MR) is 143 cm³/mol. The molecule has 0 saturated carbocycles. The van der Waals surface area contributed by atoms with E-state index in [1.165, 1.54) is 38.6 Å². The average molecular weight is 439 g/mol. The summed E-state index contributed by atoms with van der Waals surface area (Å²) in [6, 6.07) is 16.1. The molecular weight excluding hydrogens is 400 g/mol. The van der Waals surface area contributed by atoms with Crippen LogP contribution in [0.3, 0.4) is 0 Å². The van der Waals surface area contributed by atoms with Crippen molar-refractivity contribution in [3.8, 4) is 11.3 Å². The smallest absolute Gasteiger partial charge is 0.116 e. The van der Waals surface area contributed by atoms with Crippen molar-refractivity contribution >= 4 is 21.7 Å². The van der Waals surface area contributed by atoms with Gasteiger partial charge >= 0.3 is 0 Å². The van der Waals surface area contributed by atoms with Gasteiger partial charge in [0.2, 0.25) is 0 Å². The van der Waals surface area contributed by atoms with Crippen molar-refractivity contribution in [1.82, 2.24) is 9.97 Å². The van der Waals surface area contributed by atoms with E-state index in [0.717, 1.165) is 29.4 Å². The molecule has 33 heavy (non-hydrogen) atoms. The molecule has 0 N–H and O–H groups in total. The number of aromatic nitrogens is 2. The summed E-state index contributed by atoms with van der Waals surface area (Å²) in [4.78, 5) is 9.62. The number of hydrogen-bond acceptors (Lipinski definition) is 2. The van der Waals surface area contributed by atoms with E-state index in [0.29, 0.717) is 11.8 Å². The fourth-order valence-electron chi connectivity index (χ4n) is 4.91. The molecule has 1 aromatic heterocycles. The monoisotopic (exact) mass is 438 g/mol. The average Bonchev–Trinajstić information content (AvgIpc) is 2.70. The minimum absolute atomic E-state index is 0.0908. The van der Waals surface area contributed by atoms with Gasteiger partial charge < -0.3 is 0 Å². The summed E-state index contributed by atoms with van der Waals surface area (Å²) in [6.45, 7) is 18.2. The lowest BCUT2D eigenvalue weighted by Gasteiger charge is -2.21. The number of nitrogens with zero attached hydrogens (tertiary/aromatic N) is 2. The summed E-state index contributed by atoms with van der Waals surface area (Å²) in [6.07, 6.45) is 3.91. The van der Waals surface area contributed by atoms with E-state index in [-0.39, 0.29) is 5.41 Å². The second kappa shape index (κ2) is 8.89. The lowest BCUT2D eigenvalue weighted by molar-refractivity contribution is 0.590. The molecule has 0 atom stereocenters.